The van der Waals surface area contributed by atoms with Crippen LogP contribution in [0.5, 0.6) is 0 Å². The number of carbonyl (C=O) groups is 1. The summed E-state index contributed by atoms with van der Waals surface area (Å²) in [6.45, 7) is 3.64. The molecule has 15 heavy (non-hydrogen) atoms. The largest absolute Gasteiger partial charge is 0.366 e. The summed E-state index contributed by atoms with van der Waals surface area (Å²) >= 11 is 0. The molecule has 0 saturated carbocycles. The van der Waals surface area contributed by atoms with Gasteiger partial charge in [-0.15, -0.1) is 0 Å². The van der Waals surface area contributed by atoms with Crippen LogP contribution in [0.3, 0.4) is 0 Å². The minimum absolute atomic E-state index is 0.320. The molecule has 2 N–H and O–H groups in total. The van der Waals surface area contributed by atoms with Gasteiger partial charge >= 0.3 is 0 Å². The molecule has 2 aromatic rings. The zero-order chi connectivity index (χ0) is 10.8. The lowest BCUT2D eigenvalue weighted by molar-refractivity contribution is -0.112. The van der Waals surface area contributed by atoms with Gasteiger partial charge in [0.15, 0.2) is 0 Å². The summed E-state index contributed by atoms with van der Waals surface area (Å²) in [7, 11) is 0. The number of nitrogens with zero attached hydrogens (tertiary/aromatic N) is 1. The van der Waals surface area contributed by atoms with Crippen LogP contribution < -0.4 is 5.73 Å². The van der Waals surface area contributed by atoms with Crippen LogP contribution in [0.1, 0.15) is 5.56 Å². The van der Waals surface area contributed by atoms with E-state index in [1.54, 1.807) is 12.3 Å². The Hall–Kier alpha value is -2.16. The summed E-state index contributed by atoms with van der Waals surface area (Å²) in [6.07, 6.45) is 1.73. The van der Waals surface area contributed by atoms with Gasteiger partial charge in [0.2, 0.25) is 5.91 Å². The van der Waals surface area contributed by atoms with E-state index in [0.29, 0.717) is 5.57 Å². The van der Waals surface area contributed by atoms with Crippen molar-refractivity contribution in [3.05, 3.63) is 48.7 Å². The minimum atomic E-state index is -0.502. The van der Waals surface area contributed by atoms with E-state index in [4.69, 9.17) is 5.73 Å². The van der Waals surface area contributed by atoms with Crippen molar-refractivity contribution in [3.8, 4) is 0 Å². The van der Waals surface area contributed by atoms with E-state index in [-0.39, 0.29) is 0 Å². The number of pyridine rings is 1. The lowest BCUT2D eigenvalue weighted by Crippen LogP contribution is -2.11. The van der Waals surface area contributed by atoms with Crippen molar-refractivity contribution in [2.24, 2.45) is 5.73 Å². The lowest BCUT2D eigenvalue weighted by Gasteiger charge is -2.02. The smallest absolute Gasteiger partial charge is 0.248 e. The van der Waals surface area contributed by atoms with Gasteiger partial charge in [-0.05, 0) is 23.8 Å². The number of nitrogens with two attached hydrogens (primary N) is 1. The molecule has 1 amide bonds. The maximum atomic E-state index is 10.9. The van der Waals surface area contributed by atoms with Gasteiger partial charge < -0.3 is 5.73 Å². The quantitative estimate of drug-likeness (QED) is 0.747. The fourth-order valence-electron chi connectivity index (χ4n) is 1.41. The number of fused-ring (bicyclic) bond motifs is 1. The van der Waals surface area contributed by atoms with E-state index in [9.17, 15) is 4.79 Å². The summed E-state index contributed by atoms with van der Waals surface area (Å²) in [5.41, 5.74) is 7.10. The first-order valence-corrected chi connectivity index (χ1v) is 4.52. The van der Waals surface area contributed by atoms with Crippen LogP contribution in [0.2, 0.25) is 0 Å². The maximum absolute atomic E-state index is 10.9. The highest BCUT2D eigenvalue weighted by Gasteiger charge is 2.05. The number of amides is 1. The molecule has 0 aliphatic heterocycles. The molecule has 0 atom stereocenters. The van der Waals surface area contributed by atoms with Crippen LogP contribution in [0.25, 0.3) is 16.5 Å². The molecular weight excluding hydrogens is 188 g/mol. The van der Waals surface area contributed by atoms with E-state index in [2.05, 4.69) is 11.6 Å². The molecule has 0 saturated heterocycles. The van der Waals surface area contributed by atoms with E-state index in [1.807, 2.05) is 24.3 Å². The molecule has 3 heteroatoms. The molecule has 0 fully saturated rings. The molecule has 1 heterocycles. The Morgan fingerprint density at radius 3 is 2.87 bits per heavy atom. The van der Waals surface area contributed by atoms with Gasteiger partial charge in [0.1, 0.15) is 0 Å². The summed E-state index contributed by atoms with van der Waals surface area (Å²) in [5, 5.41) is 0.970. The summed E-state index contributed by atoms with van der Waals surface area (Å²) < 4.78 is 0. The molecule has 1 aromatic carbocycles. The van der Waals surface area contributed by atoms with Gasteiger partial charge in [0.05, 0.1) is 5.52 Å². The van der Waals surface area contributed by atoms with Gasteiger partial charge in [-0.2, -0.15) is 0 Å². The monoisotopic (exact) mass is 198 g/mol. The molecule has 2 rings (SSSR count). The normalized spacial score (nSPS) is 10.1. The van der Waals surface area contributed by atoms with E-state index < -0.39 is 5.91 Å². The molecule has 3 nitrogen and oxygen atoms in total. The zero-order valence-corrected chi connectivity index (χ0v) is 8.10. The zero-order valence-electron chi connectivity index (χ0n) is 8.10. The second kappa shape index (κ2) is 3.53. The Balaban J connectivity index is 2.56. The van der Waals surface area contributed by atoms with Crippen molar-refractivity contribution in [1.29, 1.82) is 0 Å². The second-order valence-electron chi connectivity index (χ2n) is 3.25. The SMILES string of the molecule is C=C(C(N)=O)c1ccc2ncccc2c1. The molecule has 0 unspecified atom stereocenters. The fourth-order valence-corrected chi connectivity index (χ4v) is 1.41. The van der Waals surface area contributed by atoms with Crippen molar-refractivity contribution in [3.63, 3.8) is 0 Å². The van der Waals surface area contributed by atoms with Gasteiger partial charge in [-0.3, -0.25) is 9.78 Å². The molecule has 1 aromatic heterocycles. The van der Waals surface area contributed by atoms with Crippen LogP contribution in [0.4, 0.5) is 0 Å². The minimum Gasteiger partial charge on any atom is -0.366 e. The number of rotatable bonds is 2. The second-order valence-corrected chi connectivity index (χ2v) is 3.25. The van der Waals surface area contributed by atoms with Crippen LogP contribution in [-0.2, 0) is 4.79 Å². The number of aromatic nitrogens is 1. The van der Waals surface area contributed by atoms with Crippen molar-refractivity contribution >= 4 is 22.4 Å². The van der Waals surface area contributed by atoms with Crippen molar-refractivity contribution < 1.29 is 4.79 Å². The Kier molecular flexibility index (Phi) is 2.21. The summed E-state index contributed by atoms with van der Waals surface area (Å²) in [4.78, 5) is 15.1. The van der Waals surface area contributed by atoms with E-state index >= 15 is 0 Å². The Labute approximate surface area is 87.2 Å². The summed E-state index contributed by atoms with van der Waals surface area (Å²) in [5.74, 6) is -0.502. The van der Waals surface area contributed by atoms with Gasteiger partial charge in [0, 0.05) is 17.2 Å². The van der Waals surface area contributed by atoms with Crippen LogP contribution >= 0.6 is 0 Å². The van der Waals surface area contributed by atoms with E-state index in [1.165, 1.54) is 0 Å². The highest BCUT2D eigenvalue weighted by molar-refractivity contribution is 6.18. The molecular formula is C12H10N2O. The lowest BCUT2D eigenvalue weighted by atomic mass is 10.0. The molecule has 0 aliphatic rings. The van der Waals surface area contributed by atoms with Crippen LogP contribution in [0, 0.1) is 0 Å². The Morgan fingerprint density at radius 2 is 2.13 bits per heavy atom. The average Bonchev–Trinajstić information content (AvgIpc) is 2.27. The number of primary amides is 1. The fraction of sp³-hybridized carbons (Fsp3) is 0. The van der Waals surface area contributed by atoms with Crippen molar-refractivity contribution in [2.45, 2.75) is 0 Å². The third-order valence-electron chi connectivity index (χ3n) is 2.25. The summed E-state index contributed by atoms with van der Waals surface area (Å²) in [6, 6.07) is 9.27. The van der Waals surface area contributed by atoms with Crippen LogP contribution in [0.15, 0.2) is 43.1 Å². The molecule has 74 valence electrons. The maximum Gasteiger partial charge on any atom is 0.248 e. The van der Waals surface area contributed by atoms with Crippen LogP contribution in [-0.4, -0.2) is 10.9 Å². The highest BCUT2D eigenvalue weighted by atomic mass is 16.1. The average molecular weight is 198 g/mol. The Morgan fingerprint density at radius 1 is 1.33 bits per heavy atom. The topological polar surface area (TPSA) is 56.0 Å². The standard InChI is InChI=1S/C12H10N2O/c1-8(12(13)15)9-4-5-11-10(7-9)3-2-6-14-11/h2-7H,1H2,(H2,13,15). The van der Waals surface area contributed by atoms with Gasteiger partial charge in [0.25, 0.3) is 0 Å². The molecule has 0 spiro atoms. The van der Waals surface area contributed by atoms with Crippen molar-refractivity contribution in [1.82, 2.24) is 4.98 Å². The predicted octanol–water partition coefficient (Wildman–Crippen LogP) is 1.73. The Bertz CT molecular complexity index is 546. The van der Waals surface area contributed by atoms with Gasteiger partial charge in [-0.25, -0.2) is 0 Å². The number of hydrogen-bond donors (Lipinski definition) is 1. The first-order valence-electron chi connectivity index (χ1n) is 4.52. The number of hydrogen-bond acceptors (Lipinski definition) is 2. The molecule has 0 aliphatic carbocycles. The van der Waals surface area contributed by atoms with Gasteiger partial charge in [-0.1, -0.05) is 18.7 Å². The third-order valence-corrected chi connectivity index (χ3v) is 2.25. The molecule has 0 radical (unpaired) electrons. The highest BCUT2D eigenvalue weighted by Crippen LogP contribution is 2.18. The van der Waals surface area contributed by atoms with E-state index in [0.717, 1.165) is 16.5 Å². The third kappa shape index (κ3) is 1.72. The van der Waals surface area contributed by atoms with Crippen molar-refractivity contribution in [2.75, 3.05) is 0 Å². The first-order chi connectivity index (χ1) is 7.18. The number of benzene rings is 1. The predicted molar refractivity (Wildman–Crippen MR) is 60.0 cm³/mol. The molecule has 0 bridgehead atoms. The number of carbonyl (C=O) groups excluding carboxylic acids is 1. The first kappa shape index (κ1) is 9.40.